The molecule has 0 radical (unpaired) electrons. The van der Waals surface area contributed by atoms with Gasteiger partial charge < -0.3 is 20.0 Å². The fourth-order valence-corrected chi connectivity index (χ4v) is 5.10. The number of benzene rings is 3. The van der Waals surface area contributed by atoms with Gasteiger partial charge in [0.1, 0.15) is 17.9 Å². The average Bonchev–Trinajstić information content (AvgIpc) is 3.16. The molecule has 0 saturated carbocycles. The van der Waals surface area contributed by atoms with E-state index >= 15 is 0 Å². The van der Waals surface area contributed by atoms with E-state index in [9.17, 15) is 18.8 Å². The number of likely N-dealkylation sites (tertiary alicyclic amines) is 1. The summed E-state index contributed by atoms with van der Waals surface area (Å²) in [5.41, 5.74) is 0.709. The maximum Gasteiger partial charge on any atom is 0.256 e. The van der Waals surface area contributed by atoms with Gasteiger partial charge in [-0.2, -0.15) is 0 Å². The van der Waals surface area contributed by atoms with E-state index in [4.69, 9.17) is 0 Å². The van der Waals surface area contributed by atoms with Gasteiger partial charge in [-0.05, 0) is 49.2 Å². The lowest BCUT2D eigenvalue weighted by Crippen LogP contribution is -2.57. The molecule has 0 unspecified atom stereocenters. The third-order valence-electron chi connectivity index (χ3n) is 6.96. The first kappa shape index (κ1) is 23.5. The highest BCUT2D eigenvalue weighted by molar-refractivity contribution is 6.00. The Labute approximate surface area is 209 Å². The molecule has 2 fully saturated rings. The maximum atomic E-state index is 14.2. The summed E-state index contributed by atoms with van der Waals surface area (Å²) in [5.74, 6) is -1.33. The maximum absolute atomic E-state index is 14.2. The predicted molar refractivity (Wildman–Crippen MR) is 135 cm³/mol. The Morgan fingerprint density at radius 1 is 0.861 bits per heavy atom. The molecule has 2 saturated heterocycles. The van der Waals surface area contributed by atoms with Crippen molar-refractivity contribution in [1.82, 2.24) is 9.80 Å². The molecule has 36 heavy (non-hydrogen) atoms. The normalized spacial score (nSPS) is 16.9. The van der Waals surface area contributed by atoms with Crippen molar-refractivity contribution in [2.24, 2.45) is 0 Å². The standard InChI is InChI=1S/C28H27FN4O3/c29-24-14-8-7-13-23(24)26(35)31-17-15-28(16-18-31)27(36)32(20-33(28)22-11-5-2-6-12-22)19-25(34)30-21-9-3-1-4-10-21/h1-14H,15-20H2,(H,30,34). The first-order valence-corrected chi connectivity index (χ1v) is 12.0. The number of piperidine rings is 1. The second kappa shape index (κ2) is 9.81. The van der Waals surface area contributed by atoms with Crippen LogP contribution in [0, 0.1) is 5.82 Å². The van der Waals surface area contributed by atoms with E-state index in [1.165, 1.54) is 12.1 Å². The summed E-state index contributed by atoms with van der Waals surface area (Å²) in [5, 5.41) is 2.84. The predicted octanol–water partition coefficient (Wildman–Crippen LogP) is 3.75. The lowest BCUT2D eigenvalue weighted by molar-refractivity contribution is -0.136. The summed E-state index contributed by atoms with van der Waals surface area (Å²) in [4.78, 5) is 44.7. The molecule has 0 atom stereocenters. The molecule has 0 aromatic heterocycles. The van der Waals surface area contributed by atoms with Gasteiger partial charge >= 0.3 is 0 Å². The molecular formula is C28H27FN4O3. The number of rotatable bonds is 5. The van der Waals surface area contributed by atoms with E-state index in [1.807, 2.05) is 53.4 Å². The summed E-state index contributed by atoms with van der Waals surface area (Å²) in [6.45, 7) is 0.821. The molecule has 3 aromatic carbocycles. The van der Waals surface area contributed by atoms with Crippen LogP contribution in [-0.4, -0.2) is 59.4 Å². The molecular weight excluding hydrogens is 459 g/mol. The number of amides is 3. The van der Waals surface area contributed by atoms with Crippen molar-refractivity contribution in [3.05, 3.63) is 96.3 Å². The zero-order valence-corrected chi connectivity index (χ0v) is 19.8. The zero-order chi connectivity index (χ0) is 25.1. The SMILES string of the molecule is O=C(CN1CN(c2ccccc2)C2(CCN(C(=O)c3ccccc3F)CC2)C1=O)Nc1ccccc1. The minimum Gasteiger partial charge on any atom is -0.339 e. The van der Waals surface area contributed by atoms with Crippen molar-refractivity contribution in [2.45, 2.75) is 18.4 Å². The van der Waals surface area contributed by atoms with Gasteiger partial charge in [0.25, 0.3) is 11.8 Å². The molecule has 3 amide bonds. The highest BCUT2D eigenvalue weighted by Gasteiger charge is 2.54. The van der Waals surface area contributed by atoms with Crippen molar-refractivity contribution in [2.75, 3.05) is 36.5 Å². The van der Waals surface area contributed by atoms with Crippen LogP contribution in [0.25, 0.3) is 0 Å². The highest BCUT2D eigenvalue weighted by Crippen LogP contribution is 2.39. The molecule has 8 heteroatoms. The van der Waals surface area contributed by atoms with E-state index in [0.29, 0.717) is 31.6 Å². The molecule has 184 valence electrons. The Bertz CT molecular complexity index is 1260. The van der Waals surface area contributed by atoms with Gasteiger partial charge in [0.05, 0.1) is 12.2 Å². The minimum atomic E-state index is -0.875. The number of halogens is 1. The summed E-state index contributed by atoms with van der Waals surface area (Å²) < 4.78 is 14.2. The van der Waals surface area contributed by atoms with E-state index in [-0.39, 0.29) is 36.5 Å². The van der Waals surface area contributed by atoms with Crippen LogP contribution >= 0.6 is 0 Å². The number of nitrogens with zero attached hydrogens (tertiary/aromatic N) is 3. The Morgan fingerprint density at radius 2 is 1.47 bits per heavy atom. The molecule has 1 N–H and O–H groups in total. The summed E-state index contributed by atoms with van der Waals surface area (Å²) in [6, 6.07) is 24.7. The van der Waals surface area contributed by atoms with E-state index in [1.54, 1.807) is 34.1 Å². The largest absolute Gasteiger partial charge is 0.339 e. The van der Waals surface area contributed by atoms with Crippen LogP contribution in [0.3, 0.4) is 0 Å². The quantitative estimate of drug-likeness (QED) is 0.596. The highest BCUT2D eigenvalue weighted by atomic mass is 19.1. The van der Waals surface area contributed by atoms with E-state index < -0.39 is 11.4 Å². The second-order valence-corrected chi connectivity index (χ2v) is 9.13. The van der Waals surface area contributed by atoms with E-state index in [2.05, 4.69) is 5.32 Å². The van der Waals surface area contributed by atoms with Crippen LogP contribution < -0.4 is 10.2 Å². The average molecular weight is 487 g/mol. The van der Waals surface area contributed by atoms with Crippen LogP contribution in [0.4, 0.5) is 15.8 Å². The number of hydrogen-bond acceptors (Lipinski definition) is 4. The number of anilines is 2. The Kier molecular flexibility index (Phi) is 6.41. The Hall–Kier alpha value is -4.20. The fourth-order valence-electron chi connectivity index (χ4n) is 5.10. The van der Waals surface area contributed by atoms with Gasteiger partial charge in [0.2, 0.25) is 5.91 Å². The zero-order valence-electron chi connectivity index (χ0n) is 19.8. The minimum absolute atomic E-state index is 0.0327. The number of para-hydroxylation sites is 2. The third-order valence-corrected chi connectivity index (χ3v) is 6.96. The first-order chi connectivity index (χ1) is 17.5. The molecule has 7 nitrogen and oxygen atoms in total. The van der Waals surface area contributed by atoms with Gasteiger partial charge in [-0.15, -0.1) is 0 Å². The van der Waals surface area contributed by atoms with Crippen LogP contribution in [0.15, 0.2) is 84.9 Å². The van der Waals surface area contributed by atoms with Crippen LogP contribution in [-0.2, 0) is 9.59 Å². The first-order valence-electron chi connectivity index (χ1n) is 12.0. The number of carbonyl (C=O) groups is 3. The lowest BCUT2D eigenvalue weighted by Gasteiger charge is -2.43. The summed E-state index contributed by atoms with van der Waals surface area (Å²) in [6.07, 6.45) is 0.773. The van der Waals surface area contributed by atoms with Crippen molar-refractivity contribution in [1.29, 1.82) is 0 Å². The molecule has 5 rings (SSSR count). The van der Waals surface area contributed by atoms with Gasteiger partial charge in [0.15, 0.2) is 0 Å². The third kappa shape index (κ3) is 4.42. The summed E-state index contributed by atoms with van der Waals surface area (Å²) in [7, 11) is 0. The molecule has 0 aliphatic carbocycles. The van der Waals surface area contributed by atoms with Crippen molar-refractivity contribution < 1.29 is 18.8 Å². The van der Waals surface area contributed by atoms with Crippen LogP contribution in [0.2, 0.25) is 0 Å². The molecule has 3 aromatic rings. The number of nitrogens with one attached hydrogen (secondary N) is 1. The number of hydrogen-bond donors (Lipinski definition) is 1. The Morgan fingerprint density at radius 3 is 2.14 bits per heavy atom. The molecule has 2 aliphatic rings. The second-order valence-electron chi connectivity index (χ2n) is 9.13. The van der Waals surface area contributed by atoms with Gasteiger partial charge in [-0.25, -0.2) is 4.39 Å². The van der Waals surface area contributed by atoms with E-state index in [0.717, 1.165) is 5.69 Å². The van der Waals surface area contributed by atoms with Gasteiger partial charge in [0, 0.05) is 24.5 Å². The number of carbonyl (C=O) groups excluding carboxylic acids is 3. The summed E-state index contributed by atoms with van der Waals surface area (Å²) >= 11 is 0. The smallest absolute Gasteiger partial charge is 0.256 e. The van der Waals surface area contributed by atoms with Crippen molar-refractivity contribution in [3.63, 3.8) is 0 Å². The van der Waals surface area contributed by atoms with Gasteiger partial charge in [-0.3, -0.25) is 14.4 Å². The lowest BCUT2D eigenvalue weighted by atomic mass is 9.85. The fraction of sp³-hybridized carbons (Fsp3) is 0.250. The Balaban J connectivity index is 1.35. The van der Waals surface area contributed by atoms with Gasteiger partial charge in [-0.1, -0.05) is 48.5 Å². The molecule has 0 bridgehead atoms. The van der Waals surface area contributed by atoms with Crippen LogP contribution in [0.5, 0.6) is 0 Å². The molecule has 1 spiro atoms. The van der Waals surface area contributed by atoms with Crippen molar-refractivity contribution in [3.8, 4) is 0 Å². The monoisotopic (exact) mass is 486 g/mol. The van der Waals surface area contributed by atoms with Crippen LogP contribution in [0.1, 0.15) is 23.2 Å². The molecule has 2 aliphatic heterocycles. The topological polar surface area (TPSA) is 73.0 Å². The molecule has 2 heterocycles. The van der Waals surface area contributed by atoms with Crippen molar-refractivity contribution >= 4 is 29.1 Å².